The highest BCUT2D eigenvalue weighted by molar-refractivity contribution is 9.10. The maximum absolute atomic E-state index is 12.3. The van der Waals surface area contributed by atoms with E-state index in [0.29, 0.717) is 28.2 Å². The molecule has 1 aliphatic rings. The van der Waals surface area contributed by atoms with E-state index in [0.717, 1.165) is 12.0 Å². The van der Waals surface area contributed by atoms with Crippen molar-refractivity contribution in [2.24, 2.45) is 0 Å². The second-order valence-electron chi connectivity index (χ2n) is 3.83. The molecular weight excluding hydrogens is 284 g/mol. The van der Waals surface area contributed by atoms with Gasteiger partial charge in [0.25, 0.3) is 0 Å². The molecule has 0 N–H and O–H groups in total. The molecule has 3 rings (SSSR count). The number of carbonyl (C=O) groups excluding carboxylic acids is 1. The number of furan rings is 1. The Hall–Kier alpha value is -1.55. The Morgan fingerprint density at radius 3 is 2.88 bits per heavy atom. The van der Waals surface area contributed by atoms with Crippen LogP contribution in [0, 0.1) is 0 Å². The third-order valence-electron chi connectivity index (χ3n) is 2.82. The molecule has 2 aromatic rings. The number of ketones is 1. The number of para-hydroxylation sites is 1. The van der Waals surface area contributed by atoms with Crippen LogP contribution in [0.5, 0.6) is 5.75 Å². The van der Waals surface area contributed by atoms with Crippen molar-refractivity contribution < 1.29 is 13.9 Å². The van der Waals surface area contributed by atoms with Crippen LogP contribution < -0.4 is 4.74 Å². The molecule has 1 aromatic carbocycles. The Morgan fingerprint density at radius 2 is 2.12 bits per heavy atom. The Balaban J connectivity index is 2.09. The van der Waals surface area contributed by atoms with Crippen LogP contribution in [0.1, 0.15) is 21.5 Å². The topological polar surface area (TPSA) is 39.4 Å². The number of ether oxygens (including phenoxy) is 1. The lowest BCUT2D eigenvalue weighted by Gasteiger charge is -2.05. The third-order valence-corrected chi connectivity index (χ3v) is 3.44. The molecule has 0 radical (unpaired) electrons. The van der Waals surface area contributed by atoms with Gasteiger partial charge in [-0.2, -0.15) is 0 Å². The second kappa shape index (κ2) is 4.04. The lowest BCUT2D eigenvalue weighted by Crippen LogP contribution is -2.03. The number of halogens is 1. The molecule has 1 aromatic heterocycles. The monoisotopic (exact) mass is 292 g/mol. The highest BCUT2D eigenvalue weighted by Crippen LogP contribution is 2.32. The Kier molecular flexibility index (Phi) is 2.52. The molecule has 1 aliphatic heterocycles. The second-order valence-corrected chi connectivity index (χ2v) is 4.55. The van der Waals surface area contributed by atoms with Crippen molar-refractivity contribution in [2.75, 3.05) is 6.61 Å². The highest BCUT2D eigenvalue weighted by Gasteiger charge is 2.23. The first-order valence-electron chi connectivity index (χ1n) is 5.30. The summed E-state index contributed by atoms with van der Waals surface area (Å²) in [5, 5.41) is 0. The smallest absolute Gasteiger partial charge is 0.201 e. The van der Waals surface area contributed by atoms with Gasteiger partial charge < -0.3 is 9.15 Å². The van der Waals surface area contributed by atoms with E-state index in [1.165, 1.54) is 6.26 Å². The average Bonchev–Trinajstić information content (AvgIpc) is 2.95. The Morgan fingerprint density at radius 1 is 1.24 bits per heavy atom. The molecule has 86 valence electrons. The van der Waals surface area contributed by atoms with Gasteiger partial charge in [0.1, 0.15) is 5.75 Å². The first-order valence-corrected chi connectivity index (χ1v) is 6.09. The first-order chi connectivity index (χ1) is 8.27. The van der Waals surface area contributed by atoms with Gasteiger partial charge in [-0.1, -0.05) is 12.1 Å². The number of hydrogen-bond acceptors (Lipinski definition) is 3. The lowest BCUT2D eigenvalue weighted by atomic mass is 10.0. The fraction of sp³-hybridized carbons (Fsp3) is 0.154. The maximum Gasteiger partial charge on any atom is 0.201 e. The van der Waals surface area contributed by atoms with Gasteiger partial charge in [0.15, 0.2) is 4.67 Å². The lowest BCUT2D eigenvalue weighted by molar-refractivity contribution is 0.103. The van der Waals surface area contributed by atoms with Crippen molar-refractivity contribution in [3.63, 3.8) is 0 Å². The summed E-state index contributed by atoms with van der Waals surface area (Å²) in [6.07, 6.45) is 2.35. The van der Waals surface area contributed by atoms with Gasteiger partial charge >= 0.3 is 0 Å². The number of fused-ring (bicyclic) bond motifs is 1. The first kappa shape index (κ1) is 10.6. The van der Waals surface area contributed by atoms with Crippen LogP contribution in [0.2, 0.25) is 0 Å². The molecule has 0 amide bonds. The SMILES string of the molecule is O=C(c1ccoc1Br)c1cccc2c1OCC2. The summed E-state index contributed by atoms with van der Waals surface area (Å²) in [7, 11) is 0. The molecule has 0 spiro atoms. The van der Waals surface area contributed by atoms with Crippen molar-refractivity contribution >= 4 is 21.7 Å². The minimum atomic E-state index is -0.0793. The summed E-state index contributed by atoms with van der Waals surface area (Å²) in [5.74, 6) is 0.634. The van der Waals surface area contributed by atoms with Crippen molar-refractivity contribution in [3.05, 3.63) is 51.9 Å². The molecule has 4 heteroatoms. The summed E-state index contributed by atoms with van der Waals surface area (Å²) in [5.41, 5.74) is 2.21. The van der Waals surface area contributed by atoms with Gasteiger partial charge in [-0.15, -0.1) is 0 Å². The van der Waals surface area contributed by atoms with Crippen molar-refractivity contribution in [2.45, 2.75) is 6.42 Å². The van der Waals surface area contributed by atoms with Gasteiger partial charge in [0.2, 0.25) is 5.78 Å². The molecule has 0 unspecified atom stereocenters. The number of benzene rings is 1. The van der Waals surface area contributed by atoms with Gasteiger partial charge in [-0.3, -0.25) is 4.79 Å². The predicted octanol–water partition coefficient (Wildman–Crippen LogP) is 3.21. The minimum absolute atomic E-state index is 0.0793. The Bertz CT molecular complexity index is 586. The van der Waals surface area contributed by atoms with Crippen LogP contribution in [0.25, 0.3) is 0 Å². The summed E-state index contributed by atoms with van der Waals surface area (Å²) in [6.45, 7) is 0.645. The maximum atomic E-state index is 12.3. The molecule has 0 aliphatic carbocycles. The number of rotatable bonds is 2. The molecule has 3 nitrogen and oxygen atoms in total. The van der Waals surface area contributed by atoms with Gasteiger partial charge in [-0.05, 0) is 33.6 Å². The van der Waals surface area contributed by atoms with Gasteiger partial charge in [0.05, 0.1) is 24.0 Å². The van der Waals surface area contributed by atoms with Crippen LogP contribution in [0.3, 0.4) is 0 Å². The predicted molar refractivity (Wildman–Crippen MR) is 65.5 cm³/mol. The van der Waals surface area contributed by atoms with Crippen molar-refractivity contribution in [1.82, 2.24) is 0 Å². The van der Waals surface area contributed by atoms with E-state index < -0.39 is 0 Å². The molecule has 17 heavy (non-hydrogen) atoms. The number of hydrogen-bond donors (Lipinski definition) is 0. The summed E-state index contributed by atoms with van der Waals surface area (Å²) in [6, 6.07) is 7.31. The van der Waals surface area contributed by atoms with Crippen molar-refractivity contribution in [3.8, 4) is 5.75 Å². The van der Waals surface area contributed by atoms with Crippen molar-refractivity contribution in [1.29, 1.82) is 0 Å². The minimum Gasteiger partial charge on any atom is -0.492 e. The molecule has 0 saturated carbocycles. The summed E-state index contributed by atoms with van der Waals surface area (Å²) >= 11 is 3.22. The molecule has 0 saturated heterocycles. The van der Waals surface area contributed by atoms with E-state index in [2.05, 4.69) is 15.9 Å². The van der Waals surface area contributed by atoms with Gasteiger partial charge in [-0.25, -0.2) is 0 Å². The van der Waals surface area contributed by atoms with E-state index in [1.54, 1.807) is 12.1 Å². The fourth-order valence-electron chi connectivity index (χ4n) is 1.99. The largest absolute Gasteiger partial charge is 0.492 e. The van der Waals surface area contributed by atoms with Gasteiger partial charge in [0, 0.05) is 6.42 Å². The van der Waals surface area contributed by atoms with E-state index in [1.807, 2.05) is 12.1 Å². The Labute approximate surface area is 107 Å². The van der Waals surface area contributed by atoms with E-state index >= 15 is 0 Å². The standard InChI is InChI=1S/C13H9BrO3/c14-13-10(5-7-17-13)11(15)9-3-1-2-8-4-6-16-12(8)9/h1-3,5,7H,4,6H2. The molecular formula is C13H9BrO3. The zero-order valence-electron chi connectivity index (χ0n) is 8.90. The normalized spacial score (nSPS) is 13.2. The third kappa shape index (κ3) is 1.69. The van der Waals surface area contributed by atoms with Crippen LogP contribution in [-0.2, 0) is 6.42 Å². The van der Waals surface area contributed by atoms with E-state index in [-0.39, 0.29) is 5.78 Å². The number of carbonyl (C=O) groups is 1. The molecule has 0 bridgehead atoms. The molecule has 2 heterocycles. The van der Waals surface area contributed by atoms with E-state index in [4.69, 9.17) is 9.15 Å². The fourth-order valence-corrected chi connectivity index (χ4v) is 2.41. The summed E-state index contributed by atoms with van der Waals surface area (Å²) < 4.78 is 11.1. The average molecular weight is 293 g/mol. The van der Waals surface area contributed by atoms with Crippen LogP contribution in [0.4, 0.5) is 0 Å². The molecule has 0 atom stereocenters. The zero-order valence-corrected chi connectivity index (χ0v) is 10.5. The summed E-state index contributed by atoms with van der Waals surface area (Å²) in [4.78, 5) is 12.3. The van der Waals surface area contributed by atoms with E-state index in [9.17, 15) is 4.79 Å². The van der Waals surface area contributed by atoms with Crippen LogP contribution in [-0.4, -0.2) is 12.4 Å². The zero-order chi connectivity index (χ0) is 11.8. The van der Waals surface area contributed by atoms with Crippen LogP contribution >= 0.6 is 15.9 Å². The quantitative estimate of drug-likeness (QED) is 0.798. The van der Waals surface area contributed by atoms with Crippen LogP contribution in [0.15, 0.2) is 39.6 Å². The molecule has 0 fully saturated rings. The highest BCUT2D eigenvalue weighted by atomic mass is 79.9.